The number of nitrogens with zero attached hydrogens (tertiary/aromatic N) is 4. The molecular weight excluding hydrogens is 520 g/mol. The molecule has 41 heavy (non-hydrogen) atoms. The van der Waals surface area contributed by atoms with E-state index in [-0.39, 0.29) is 6.10 Å². The van der Waals surface area contributed by atoms with Gasteiger partial charge in [-0.25, -0.2) is 14.8 Å². The van der Waals surface area contributed by atoms with Gasteiger partial charge >= 0.3 is 5.97 Å². The van der Waals surface area contributed by atoms with E-state index in [4.69, 9.17) is 28.9 Å². The minimum Gasteiger partial charge on any atom is -0.494 e. The number of pyridine rings is 1. The Hall–Kier alpha value is -3.95. The van der Waals surface area contributed by atoms with Gasteiger partial charge in [0, 0.05) is 37.4 Å². The lowest BCUT2D eigenvalue weighted by molar-refractivity contribution is -0.0591. The molecule has 4 aromatic rings. The minimum atomic E-state index is -0.395. The summed E-state index contributed by atoms with van der Waals surface area (Å²) in [5, 5.41) is 0. The molecule has 2 saturated heterocycles. The van der Waals surface area contributed by atoms with Gasteiger partial charge in [0.05, 0.1) is 44.5 Å². The highest BCUT2D eigenvalue weighted by Crippen LogP contribution is 2.58. The molecule has 1 saturated carbocycles. The van der Waals surface area contributed by atoms with Crippen molar-refractivity contribution in [3.63, 3.8) is 0 Å². The van der Waals surface area contributed by atoms with Crippen molar-refractivity contribution in [3.8, 4) is 11.6 Å². The smallest absolute Gasteiger partial charge is 0.338 e. The first kappa shape index (κ1) is 26.0. The number of imidazole rings is 1. The lowest BCUT2D eigenvalue weighted by Crippen LogP contribution is -2.33. The molecule has 0 radical (unpaired) electrons. The molecule has 0 spiro atoms. The van der Waals surface area contributed by atoms with Crippen molar-refractivity contribution in [2.45, 2.75) is 38.1 Å². The summed E-state index contributed by atoms with van der Waals surface area (Å²) < 4.78 is 24.6. The summed E-state index contributed by atoms with van der Waals surface area (Å²) in [7, 11) is 2.99. The van der Waals surface area contributed by atoms with E-state index in [9.17, 15) is 4.79 Å². The molecule has 9 nitrogen and oxygen atoms in total. The second-order valence-corrected chi connectivity index (χ2v) is 11.2. The molecule has 3 atom stereocenters. The number of hydrogen-bond acceptors (Lipinski definition) is 8. The molecule has 4 heterocycles. The van der Waals surface area contributed by atoms with Crippen LogP contribution < -0.4 is 9.47 Å². The van der Waals surface area contributed by atoms with Crippen LogP contribution >= 0.6 is 0 Å². The van der Waals surface area contributed by atoms with Crippen LogP contribution in [0.4, 0.5) is 0 Å². The van der Waals surface area contributed by atoms with Gasteiger partial charge in [0.1, 0.15) is 23.7 Å². The van der Waals surface area contributed by atoms with Crippen LogP contribution in [0.15, 0.2) is 60.7 Å². The highest BCUT2D eigenvalue weighted by atomic mass is 16.5. The minimum absolute atomic E-state index is 0.151. The van der Waals surface area contributed by atoms with Crippen LogP contribution in [-0.2, 0) is 29.2 Å². The van der Waals surface area contributed by atoms with Crippen LogP contribution in [0.3, 0.4) is 0 Å². The van der Waals surface area contributed by atoms with Crippen LogP contribution in [0.1, 0.15) is 39.8 Å². The number of piperidine rings is 1. The van der Waals surface area contributed by atoms with E-state index in [1.54, 1.807) is 13.2 Å². The monoisotopic (exact) mass is 554 g/mol. The van der Waals surface area contributed by atoms with E-state index < -0.39 is 5.97 Å². The Morgan fingerprint density at radius 1 is 1.02 bits per heavy atom. The topological polar surface area (TPSA) is 87.9 Å². The van der Waals surface area contributed by atoms with Crippen LogP contribution in [0, 0.1) is 11.8 Å². The number of methoxy groups -OCH3 is 2. The summed E-state index contributed by atoms with van der Waals surface area (Å²) in [6.07, 6.45) is 1.17. The molecule has 2 aromatic carbocycles. The fourth-order valence-corrected chi connectivity index (χ4v) is 6.40. The zero-order valence-electron chi connectivity index (χ0n) is 23.4. The Morgan fingerprint density at radius 2 is 1.83 bits per heavy atom. The third-order valence-corrected chi connectivity index (χ3v) is 8.67. The second-order valence-electron chi connectivity index (χ2n) is 11.2. The van der Waals surface area contributed by atoms with Gasteiger partial charge in [-0.3, -0.25) is 4.90 Å². The number of carbonyl (C=O) groups excluding carboxylic acids is 1. The lowest BCUT2D eigenvalue weighted by atomic mass is 10.1. The zero-order valence-corrected chi connectivity index (χ0v) is 23.4. The Bertz CT molecular complexity index is 1560. The first-order valence-corrected chi connectivity index (χ1v) is 14.2. The zero-order chi connectivity index (χ0) is 27.9. The largest absolute Gasteiger partial charge is 0.494 e. The molecule has 9 heteroatoms. The first-order chi connectivity index (χ1) is 20.1. The number of aromatic nitrogens is 3. The van der Waals surface area contributed by atoms with Crippen LogP contribution in [0.2, 0.25) is 0 Å². The summed E-state index contributed by atoms with van der Waals surface area (Å²) in [6, 6.07) is 19.8. The van der Waals surface area contributed by atoms with Gasteiger partial charge in [-0.15, -0.1) is 0 Å². The SMILES string of the molecule is COC(=O)c1cc(OC)c2nc(CN3CC4C(C3)C4c3cccc(OCc4ccccc4)n3)n(C[C@@H]3CCO3)c2c1. The van der Waals surface area contributed by atoms with Gasteiger partial charge < -0.3 is 23.5 Å². The van der Waals surface area contributed by atoms with Crippen LogP contribution in [-0.4, -0.2) is 65.4 Å². The van der Waals surface area contributed by atoms with Crippen molar-refractivity contribution in [1.29, 1.82) is 0 Å². The Labute approximate surface area is 239 Å². The molecule has 0 bridgehead atoms. The highest BCUT2D eigenvalue weighted by molar-refractivity contribution is 5.96. The normalized spacial score (nSPS) is 23.2. The van der Waals surface area contributed by atoms with Crippen molar-refractivity contribution in [2.75, 3.05) is 33.9 Å². The molecule has 1 aliphatic carbocycles. The predicted molar refractivity (Wildman–Crippen MR) is 152 cm³/mol. The molecule has 212 valence electrons. The molecule has 2 aliphatic heterocycles. The second kappa shape index (κ2) is 10.8. The third kappa shape index (κ3) is 5.04. The fraction of sp³-hybridized carbons (Fsp3) is 0.406. The van der Waals surface area contributed by atoms with E-state index in [2.05, 4.69) is 33.7 Å². The van der Waals surface area contributed by atoms with Crippen LogP contribution in [0.5, 0.6) is 11.6 Å². The molecule has 0 amide bonds. The molecular formula is C32H34N4O5. The third-order valence-electron chi connectivity index (χ3n) is 8.67. The van der Waals surface area contributed by atoms with E-state index in [1.165, 1.54) is 7.11 Å². The maximum Gasteiger partial charge on any atom is 0.338 e. The molecule has 7 rings (SSSR count). The van der Waals surface area contributed by atoms with Crippen molar-refractivity contribution in [2.24, 2.45) is 11.8 Å². The summed E-state index contributed by atoms with van der Waals surface area (Å²) in [6.45, 7) is 4.72. The quantitative estimate of drug-likeness (QED) is 0.266. The summed E-state index contributed by atoms with van der Waals surface area (Å²) in [5.74, 6) is 3.45. The van der Waals surface area contributed by atoms with Gasteiger partial charge in [0.25, 0.3) is 0 Å². The number of ether oxygens (including phenoxy) is 4. The van der Waals surface area contributed by atoms with E-state index in [0.29, 0.717) is 48.1 Å². The number of benzene rings is 2. The maximum atomic E-state index is 12.4. The van der Waals surface area contributed by atoms with Gasteiger partial charge in [-0.1, -0.05) is 36.4 Å². The molecule has 3 fully saturated rings. The number of carbonyl (C=O) groups is 1. The molecule has 2 aromatic heterocycles. The van der Waals surface area contributed by atoms with Gasteiger partial charge in [-0.2, -0.15) is 0 Å². The highest BCUT2D eigenvalue weighted by Gasteiger charge is 2.57. The summed E-state index contributed by atoms with van der Waals surface area (Å²) in [5.41, 5.74) is 4.33. The van der Waals surface area contributed by atoms with E-state index >= 15 is 0 Å². The van der Waals surface area contributed by atoms with Crippen molar-refractivity contribution < 1.29 is 23.7 Å². The standard InChI is InChI=1S/C32H34N4O5/c1-38-27-14-21(32(37)39-2)13-26-31(27)34-28(36(26)15-22-11-12-40-22)18-35-16-23-24(17-35)30(23)25-9-6-10-29(33-25)41-19-20-7-4-3-5-8-20/h3-10,13-14,22-24,30H,11-12,15-19H2,1-2H3/t22-,23?,24?,30?/m0/s1. The Morgan fingerprint density at radius 3 is 2.54 bits per heavy atom. The first-order valence-electron chi connectivity index (χ1n) is 14.2. The average molecular weight is 555 g/mol. The summed E-state index contributed by atoms with van der Waals surface area (Å²) >= 11 is 0. The van der Waals surface area contributed by atoms with E-state index in [1.807, 2.05) is 30.3 Å². The Balaban J connectivity index is 1.06. The fourth-order valence-electron chi connectivity index (χ4n) is 6.40. The molecule has 2 unspecified atom stereocenters. The number of esters is 1. The number of rotatable bonds is 10. The Kier molecular flexibility index (Phi) is 6.84. The molecule has 3 aliphatic rings. The van der Waals surface area contributed by atoms with Gasteiger partial charge in [0.2, 0.25) is 5.88 Å². The number of fused-ring (bicyclic) bond motifs is 2. The number of hydrogen-bond donors (Lipinski definition) is 0. The summed E-state index contributed by atoms with van der Waals surface area (Å²) in [4.78, 5) is 24.7. The lowest BCUT2D eigenvalue weighted by Gasteiger charge is -2.28. The van der Waals surface area contributed by atoms with Crippen LogP contribution in [0.25, 0.3) is 11.0 Å². The van der Waals surface area contributed by atoms with Crippen molar-refractivity contribution in [3.05, 3.63) is 83.3 Å². The number of likely N-dealkylation sites (tertiary alicyclic amines) is 1. The maximum absolute atomic E-state index is 12.4. The van der Waals surface area contributed by atoms with Gasteiger partial charge in [0.15, 0.2) is 0 Å². The predicted octanol–water partition coefficient (Wildman–Crippen LogP) is 4.44. The average Bonchev–Trinajstić information content (AvgIpc) is 3.29. The van der Waals surface area contributed by atoms with Crippen molar-refractivity contribution in [1.82, 2.24) is 19.4 Å². The van der Waals surface area contributed by atoms with Crippen molar-refractivity contribution >= 4 is 17.0 Å². The van der Waals surface area contributed by atoms with Gasteiger partial charge in [-0.05, 0) is 42.0 Å². The molecule has 0 N–H and O–H groups in total. The van der Waals surface area contributed by atoms with E-state index in [0.717, 1.165) is 60.8 Å².